The smallest absolute Gasteiger partial charge is 0.0261 e. The Balaban J connectivity index is 1.94. The van der Waals surface area contributed by atoms with E-state index in [9.17, 15) is 0 Å². The predicted molar refractivity (Wildman–Crippen MR) is 42.0 cm³/mol. The zero-order valence-corrected chi connectivity index (χ0v) is 6.88. The summed E-state index contributed by atoms with van der Waals surface area (Å²) in [6.07, 6.45) is 1.42. The van der Waals surface area contributed by atoms with E-state index in [-0.39, 0.29) is 0 Å². The third kappa shape index (κ3) is 0.867. The number of fused-ring (bicyclic) bond motifs is 1. The number of likely N-dealkylation sites (N-methyl/N-ethyl adjacent to an activating group) is 2. The van der Waals surface area contributed by atoms with Gasteiger partial charge in [0.1, 0.15) is 0 Å². The second-order valence-electron chi connectivity index (χ2n) is 3.82. The van der Waals surface area contributed by atoms with Crippen LogP contribution in [0.5, 0.6) is 0 Å². The summed E-state index contributed by atoms with van der Waals surface area (Å²) < 4.78 is 0. The van der Waals surface area contributed by atoms with Crippen molar-refractivity contribution in [1.82, 2.24) is 9.80 Å². The van der Waals surface area contributed by atoms with Crippen LogP contribution in [0.2, 0.25) is 0 Å². The first-order valence-electron chi connectivity index (χ1n) is 4.16. The van der Waals surface area contributed by atoms with Gasteiger partial charge in [-0.15, -0.1) is 0 Å². The predicted octanol–water partition coefficient (Wildman–Crippen LogP) is 0.252. The number of nitrogens with zero attached hydrogens (tertiary/aromatic N) is 2. The molecule has 0 radical (unpaired) electrons. The van der Waals surface area contributed by atoms with E-state index < -0.39 is 0 Å². The van der Waals surface area contributed by atoms with Gasteiger partial charge < -0.3 is 9.80 Å². The van der Waals surface area contributed by atoms with Crippen LogP contribution >= 0.6 is 0 Å². The first kappa shape index (κ1) is 6.62. The first-order chi connectivity index (χ1) is 4.77. The van der Waals surface area contributed by atoms with Gasteiger partial charge in [0, 0.05) is 19.1 Å². The molecule has 2 rings (SSSR count). The van der Waals surface area contributed by atoms with Gasteiger partial charge in [0.05, 0.1) is 0 Å². The van der Waals surface area contributed by atoms with Crippen molar-refractivity contribution in [2.75, 3.05) is 33.7 Å². The molecule has 2 aliphatic rings. The summed E-state index contributed by atoms with van der Waals surface area (Å²) in [5, 5.41) is 0. The van der Waals surface area contributed by atoms with E-state index in [4.69, 9.17) is 0 Å². The Bertz CT molecular complexity index is 133. The molecule has 0 bridgehead atoms. The summed E-state index contributed by atoms with van der Waals surface area (Å²) in [5.41, 5.74) is 0. The van der Waals surface area contributed by atoms with Gasteiger partial charge >= 0.3 is 0 Å². The normalized spacial score (nSPS) is 42.6. The Hall–Kier alpha value is -0.0800. The molecule has 0 aromatic carbocycles. The fourth-order valence-electron chi connectivity index (χ4n) is 2.22. The molecule has 2 heterocycles. The highest BCUT2D eigenvalue weighted by Gasteiger charge is 2.38. The maximum Gasteiger partial charge on any atom is 0.0261 e. The van der Waals surface area contributed by atoms with Crippen molar-refractivity contribution in [1.29, 1.82) is 0 Å². The minimum absolute atomic E-state index is 0.888. The summed E-state index contributed by atoms with van der Waals surface area (Å²) in [6.45, 7) is 3.95. The van der Waals surface area contributed by atoms with Gasteiger partial charge in [-0.1, -0.05) is 0 Å². The third-order valence-corrected chi connectivity index (χ3v) is 3.01. The Morgan fingerprint density at radius 2 is 2.00 bits per heavy atom. The summed E-state index contributed by atoms with van der Waals surface area (Å²) in [5.74, 6) is 1.03. The fourth-order valence-corrected chi connectivity index (χ4v) is 2.22. The molecule has 2 fully saturated rings. The fraction of sp³-hybridized carbons (Fsp3) is 1.00. The lowest BCUT2D eigenvalue weighted by Gasteiger charge is -2.51. The van der Waals surface area contributed by atoms with Crippen LogP contribution in [-0.2, 0) is 0 Å². The van der Waals surface area contributed by atoms with Crippen LogP contribution in [-0.4, -0.2) is 49.6 Å². The van der Waals surface area contributed by atoms with Gasteiger partial charge in [0.2, 0.25) is 0 Å². The van der Waals surface area contributed by atoms with Gasteiger partial charge in [0.25, 0.3) is 0 Å². The number of hydrogen-bond acceptors (Lipinski definition) is 2. The molecule has 2 aliphatic heterocycles. The molecule has 0 amide bonds. The third-order valence-electron chi connectivity index (χ3n) is 3.01. The molecule has 0 aliphatic carbocycles. The van der Waals surface area contributed by atoms with E-state index >= 15 is 0 Å². The second-order valence-corrected chi connectivity index (χ2v) is 3.82. The van der Waals surface area contributed by atoms with Crippen LogP contribution in [0.3, 0.4) is 0 Å². The number of rotatable bonds is 0. The highest BCUT2D eigenvalue weighted by atomic mass is 15.3. The van der Waals surface area contributed by atoms with Crippen molar-refractivity contribution in [2.24, 2.45) is 5.92 Å². The Labute approximate surface area is 62.8 Å². The highest BCUT2D eigenvalue weighted by Crippen LogP contribution is 2.29. The quantitative estimate of drug-likeness (QED) is 0.476. The van der Waals surface area contributed by atoms with E-state index in [2.05, 4.69) is 23.9 Å². The van der Waals surface area contributed by atoms with Crippen LogP contribution in [0.4, 0.5) is 0 Å². The molecule has 0 spiro atoms. The molecule has 58 valence electrons. The standard InChI is InChI=1S/C8H16N2/c1-9-4-3-7-5-10(2)8(7)6-9/h7-8H,3-6H2,1-2H3. The van der Waals surface area contributed by atoms with Gasteiger partial charge in [-0.25, -0.2) is 0 Å². The maximum atomic E-state index is 2.47. The van der Waals surface area contributed by atoms with E-state index in [1.165, 1.54) is 26.1 Å². The van der Waals surface area contributed by atoms with Crippen molar-refractivity contribution in [2.45, 2.75) is 12.5 Å². The summed E-state index contributed by atoms with van der Waals surface area (Å²) in [6, 6.07) is 0.888. The molecule has 10 heavy (non-hydrogen) atoms. The van der Waals surface area contributed by atoms with E-state index in [0.717, 1.165) is 12.0 Å². The van der Waals surface area contributed by atoms with Crippen LogP contribution in [0.1, 0.15) is 6.42 Å². The molecule has 0 aromatic heterocycles. The zero-order chi connectivity index (χ0) is 7.14. The number of hydrogen-bond donors (Lipinski definition) is 0. The van der Waals surface area contributed by atoms with Crippen molar-refractivity contribution in [3.8, 4) is 0 Å². The molecule has 2 heteroatoms. The molecular weight excluding hydrogens is 124 g/mol. The van der Waals surface area contributed by atoms with Crippen LogP contribution in [0, 0.1) is 5.92 Å². The van der Waals surface area contributed by atoms with Crippen LogP contribution in [0.25, 0.3) is 0 Å². The molecule has 2 unspecified atom stereocenters. The molecule has 2 saturated heterocycles. The largest absolute Gasteiger partial charge is 0.305 e. The summed E-state index contributed by atoms with van der Waals surface area (Å²) >= 11 is 0. The Morgan fingerprint density at radius 1 is 1.20 bits per heavy atom. The van der Waals surface area contributed by atoms with Gasteiger partial charge in [-0.3, -0.25) is 0 Å². The molecule has 2 atom stereocenters. The van der Waals surface area contributed by atoms with Crippen molar-refractivity contribution < 1.29 is 0 Å². The van der Waals surface area contributed by atoms with Gasteiger partial charge in [-0.2, -0.15) is 0 Å². The SMILES string of the molecule is CN1CCC2CN(C)C2C1. The molecular formula is C8H16N2. The zero-order valence-electron chi connectivity index (χ0n) is 6.88. The summed E-state index contributed by atoms with van der Waals surface area (Å²) in [7, 11) is 4.46. The average Bonchev–Trinajstić information content (AvgIpc) is 1.92. The van der Waals surface area contributed by atoms with E-state index in [0.29, 0.717) is 0 Å². The van der Waals surface area contributed by atoms with Crippen LogP contribution in [0.15, 0.2) is 0 Å². The van der Waals surface area contributed by atoms with Crippen molar-refractivity contribution in [3.05, 3.63) is 0 Å². The van der Waals surface area contributed by atoms with Crippen molar-refractivity contribution in [3.63, 3.8) is 0 Å². The molecule has 0 aromatic rings. The molecule has 0 N–H and O–H groups in total. The number of likely N-dealkylation sites (tertiary alicyclic amines) is 2. The minimum atomic E-state index is 0.888. The maximum absolute atomic E-state index is 2.47. The summed E-state index contributed by atoms with van der Waals surface area (Å²) in [4.78, 5) is 4.91. The average molecular weight is 140 g/mol. The lowest BCUT2D eigenvalue weighted by molar-refractivity contribution is -0.0184. The Morgan fingerprint density at radius 3 is 2.60 bits per heavy atom. The van der Waals surface area contributed by atoms with E-state index in [1.54, 1.807) is 0 Å². The van der Waals surface area contributed by atoms with Gasteiger partial charge in [-0.05, 0) is 33.0 Å². The monoisotopic (exact) mass is 140 g/mol. The molecule has 2 nitrogen and oxygen atoms in total. The topological polar surface area (TPSA) is 6.48 Å². The van der Waals surface area contributed by atoms with Crippen LogP contribution < -0.4 is 0 Å². The first-order valence-corrected chi connectivity index (χ1v) is 4.16. The number of piperidine rings is 1. The lowest BCUT2D eigenvalue weighted by atomic mass is 9.83. The lowest BCUT2D eigenvalue weighted by Crippen LogP contribution is -2.61. The van der Waals surface area contributed by atoms with Gasteiger partial charge in [0.15, 0.2) is 0 Å². The molecule has 0 saturated carbocycles. The minimum Gasteiger partial charge on any atom is -0.305 e. The second kappa shape index (κ2) is 2.21. The van der Waals surface area contributed by atoms with Crippen molar-refractivity contribution >= 4 is 0 Å². The van der Waals surface area contributed by atoms with E-state index in [1.807, 2.05) is 0 Å². The Kier molecular flexibility index (Phi) is 1.46. The highest BCUT2D eigenvalue weighted by molar-refractivity contribution is 4.94.